The second-order valence-electron chi connectivity index (χ2n) is 8.96. The number of para-hydroxylation sites is 1. The number of hydrogen-bond acceptors (Lipinski definition) is 5. The summed E-state index contributed by atoms with van der Waals surface area (Å²) in [6.45, 7) is 1.19. The fourth-order valence-electron chi connectivity index (χ4n) is 4.45. The van der Waals surface area contributed by atoms with Gasteiger partial charge >= 0.3 is 6.18 Å². The van der Waals surface area contributed by atoms with Crippen LogP contribution in [0, 0.1) is 0 Å². The van der Waals surface area contributed by atoms with Crippen LogP contribution < -0.4 is 9.62 Å². The first-order chi connectivity index (χ1) is 18.5. The van der Waals surface area contributed by atoms with Crippen LogP contribution in [0.2, 0.25) is 5.02 Å². The second kappa shape index (κ2) is 10.4. The van der Waals surface area contributed by atoms with Gasteiger partial charge in [-0.15, -0.1) is 0 Å². The summed E-state index contributed by atoms with van der Waals surface area (Å²) < 4.78 is 68.0. The van der Waals surface area contributed by atoms with Gasteiger partial charge in [0.1, 0.15) is 4.90 Å². The number of amides is 1. The van der Waals surface area contributed by atoms with E-state index >= 15 is 0 Å². The van der Waals surface area contributed by atoms with Crippen molar-refractivity contribution in [2.75, 3.05) is 35.8 Å². The highest BCUT2D eigenvalue weighted by atomic mass is 35.5. The van der Waals surface area contributed by atoms with Crippen molar-refractivity contribution >= 4 is 49.8 Å². The molecule has 0 aliphatic carbocycles. The van der Waals surface area contributed by atoms with Gasteiger partial charge in [0.2, 0.25) is 0 Å². The van der Waals surface area contributed by atoms with E-state index in [2.05, 4.69) is 9.71 Å². The van der Waals surface area contributed by atoms with Gasteiger partial charge in [-0.25, -0.2) is 8.42 Å². The highest BCUT2D eigenvalue weighted by Gasteiger charge is 2.32. The van der Waals surface area contributed by atoms with E-state index in [0.29, 0.717) is 29.6 Å². The molecule has 0 atom stereocenters. The van der Waals surface area contributed by atoms with Crippen molar-refractivity contribution in [1.29, 1.82) is 0 Å². The summed E-state index contributed by atoms with van der Waals surface area (Å²) >= 11 is 6.16. The average Bonchev–Trinajstić information content (AvgIpc) is 2.92. The van der Waals surface area contributed by atoms with Gasteiger partial charge in [0, 0.05) is 49.0 Å². The first-order valence-electron chi connectivity index (χ1n) is 11.9. The molecule has 0 spiro atoms. The zero-order valence-corrected chi connectivity index (χ0v) is 21.9. The first-order valence-corrected chi connectivity index (χ1v) is 13.8. The molecule has 2 heterocycles. The maximum absolute atomic E-state index is 13.1. The fourth-order valence-corrected chi connectivity index (χ4v) is 5.92. The van der Waals surface area contributed by atoms with Crippen LogP contribution >= 0.6 is 11.6 Å². The summed E-state index contributed by atoms with van der Waals surface area (Å²) in [4.78, 5) is 20.6. The number of aromatic nitrogens is 1. The molecule has 0 unspecified atom stereocenters. The molecule has 1 amide bonds. The molecule has 5 rings (SSSR count). The molecule has 202 valence electrons. The molecule has 12 heteroatoms. The lowest BCUT2D eigenvalue weighted by molar-refractivity contribution is -0.137. The Morgan fingerprint density at radius 1 is 0.923 bits per heavy atom. The van der Waals surface area contributed by atoms with E-state index in [-0.39, 0.29) is 40.3 Å². The Morgan fingerprint density at radius 3 is 2.31 bits per heavy atom. The molecule has 1 aliphatic rings. The number of halogens is 4. The van der Waals surface area contributed by atoms with Crippen LogP contribution in [0.1, 0.15) is 15.9 Å². The number of pyridine rings is 1. The standard InChI is InChI=1S/C27H22ClF3N4O3S/c28-22-11-8-20(27(29,30)31)17-23(22)34-13-15-35(16-14-34)26(36)19-6-9-21(10-7-19)33-39(37,38)24-5-1-3-18-4-2-12-32-25(18)24/h1-12,17,33H,13-16H2. The Kier molecular flexibility index (Phi) is 7.13. The number of fused-ring (bicyclic) bond motifs is 1. The minimum atomic E-state index is -4.48. The largest absolute Gasteiger partial charge is 0.416 e. The Labute approximate surface area is 227 Å². The van der Waals surface area contributed by atoms with Crippen LogP contribution in [0.15, 0.2) is 83.9 Å². The molecule has 0 saturated carbocycles. The topological polar surface area (TPSA) is 82.6 Å². The Morgan fingerprint density at radius 2 is 1.62 bits per heavy atom. The SMILES string of the molecule is O=C(c1ccc(NS(=O)(=O)c2cccc3cccnc23)cc1)N1CCN(c2cc(C(F)(F)F)ccc2Cl)CC1. The lowest BCUT2D eigenvalue weighted by Gasteiger charge is -2.36. The van der Waals surface area contributed by atoms with Gasteiger partial charge in [-0.1, -0.05) is 29.8 Å². The highest BCUT2D eigenvalue weighted by molar-refractivity contribution is 7.93. The summed E-state index contributed by atoms with van der Waals surface area (Å²) in [5, 5.41) is 0.900. The van der Waals surface area contributed by atoms with E-state index in [0.717, 1.165) is 12.1 Å². The normalized spacial score (nSPS) is 14.5. The summed E-state index contributed by atoms with van der Waals surface area (Å²) in [5.41, 5.74) is 0.480. The van der Waals surface area contributed by atoms with Crippen molar-refractivity contribution in [3.8, 4) is 0 Å². The second-order valence-corrected chi connectivity index (χ2v) is 11.0. The van der Waals surface area contributed by atoms with E-state index in [9.17, 15) is 26.4 Å². The van der Waals surface area contributed by atoms with Crippen molar-refractivity contribution in [1.82, 2.24) is 9.88 Å². The molecule has 1 aromatic heterocycles. The van der Waals surface area contributed by atoms with E-state index in [1.54, 1.807) is 34.1 Å². The van der Waals surface area contributed by atoms with Crippen molar-refractivity contribution in [3.05, 3.63) is 95.1 Å². The predicted molar refractivity (Wildman–Crippen MR) is 144 cm³/mol. The quantitative estimate of drug-likeness (QED) is 0.332. The maximum Gasteiger partial charge on any atom is 0.416 e. The Hall–Kier alpha value is -3.83. The molecule has 39 heavy (non-hydrogen) atoms. The molecule has 0 bridgehead atoms. The Balaban J connectivity index is 1.25. The van der Waals surface area contributed by atoms with Crippen molar-refractivity contribution in [2.45, 2.75) is 11.1 Å². The van der Waals surface area contributed by atoms with Crippen molar-refractivity contribution < 1.29 is 26.4 Å². The van der Waals surface area contributed by atoms with Gasteiger partial charge in [-0.3, -0.25) is 14.5 Å². The molecular formula is C27H22ClF3N4O3S. The van der Waals surface area contributed by atoms with Gasteiger partial charge in [-0.2, -0.15) is 13.2 Å². The van der Waals surface area contributed by atoms with E-state index < -0.39 is 21.8 Å². The molecule has 7 nitrogen and oxygen atoms in total. The lowest BCUT2D eigenvalue weighted by atomic mass is 10.1. The van der Waals surface area contributed by atoms with Crippen LogP contribution in [-0.4, -0.2) is 50.4 Å². The number of hydrogen-bond donors (Lipinski definition) is 1. The van der Waals surface area contributed by atoms with Gasteiger partial charge in [-0.05, 0) is 54.6 Å². The van der Waals surface area contributed by atoms with Gasteiger partial charge in [0.25, 0.3) is 15.9 Å². The van der Waals surface area contributed by atoms with Gasteiger partial charge in [0.05, 0.1) is 21.8 Å². The minimum absolute atomic E-state index is 0.0412. The number of nitrogens with zero attached hydrogens (tertiary/aromatic N) is 3. The highest BCUT2D eigenvalue weighted by Crippen LogP contribution is 2.36. The number of benzene rings is 3. The van der Waals surface area contributed by atoms with Crippen LogP contribution in [0.4, 0.5) is 24.5 Å². The van der Waals surface area contributed by atoms with Gasteiger partial charge in [0.15, 0.2) is 0 Å². The van der Waals surface area contributed by atoms with Crippen LogP contribution in [0.5, 0.6) is 0 Å². The number of piperazine rings is 1. The van der Waals surface area contributed by atoms with E-state index in [1.807, 2.05) is 0 Å². The predicted octanol–water partition coefficient (Wildman–Crippen LogP) is 5.67. The lowest BCUT2D eigenvalue weighted by Crippen LogP contribution is -2.49. The molecular weight excluding hydrogens is 553 g/mol. The number of sulfonamides is 1. The smallest absolute Gasteiger partial charge is 0.367 e. The zero-order chi connectivity index (χ0) is 27.8. The molecule has 1 N–H and O–H groups in total. The molecule has 1 aliphatic heterocycles. The summed E-state index contributed by atoms with van der Waals surface area (Å²) in [6, 6.07) is 17.6. The Bertz CT molecular complexity index is 1630. The molecule has 1 saturated heterocycles. The first kappa shape index (κ1) is 26.8. The summed E-state index contributed by atoms with van der Waals surface area (Å²) in [5.74, 6) is -0.266. The number of rotatable bonds is 5. The number of nitrogens with one attached hydrogen (secondary N) is 1. The third-order valence-electron chi connectivity index (χ3n) is 6.45. The number of carbonyl (C=O) groups is 1. The third kappa shape index (κ3) is 5.64. The number of alkyl halides is 3. The average molecular weight is 575 g/mol. The fraction of sp³-hybridized carbons (Fsp3) is 0.185. The molecule has 1 fully saturated rings. The molecule has 4 aromatic rings. The number of carbonyl (C=O) groups excluding carboxylic acids is 1. The van der Waals surface area contributed by atoms with Crippen LogP contribution in [-0.2, 0) is 16.2 Å². The van der Waals surface area contributed by atoms with Crippen LogP contribution in [0.25, 0.3) is 10.9 Å². The van der Waals surface area contributed by atoms with Crippen LogP contribution in [0.3, 0.4) is 0 Å². The van der Waals surface area contributed by atoms with E-state index in [4.69, 9.17) is 11.6 Å². The molecule has 0 radical (unpaired) electrons. The monoisotopic (exact) mass is 574 g/mol. The van der Waals surface area contributed by atoms with Gasteiger partial charge < -0.3 is 9.80 Å². The van der Waals surface area contributed by atoms with Crippen molar-refractivity contribution in [2.24, 2.45) is 0 Å². The summed E-state index contributed by atoms with van der Waals surface area (Å²) in [7, 11) is -3.94. The van der Waals surface area contributed by atoms with E-state index in [1.165, 1.54) is 42.6 Å². The summed E-state index contributed by atoms with van der Waals surface area (Å²) in [6.07, 6.45) is -2.96. The van der Waals surface area contributed by atoms with Crippen molar-refractivity contribution in [3.63, 3.8) is 0 Å². The number of anilines is 2. The zero-order valence-electron chi connectivity index (χ0n) is 20.3. The molecule has 3 aromatic carbocycles. The maximum atomic E-state index is 13.1. The third-order valence-corrected chi connectivity index (χ3v) is 8.18. The minimum Gasteiger partial charge on any atom is -0.367 e.